The van der Waals surface area contributed by atoms with Gasteiger partial charge in [0.05, 0.1) is 16.6 Å². The lowest BCUT2D eigenvalue weighted by Gasteiger charge is -2.08. The average Bonchev–Trinajstić information content (AvgIpc) is 3.10. The van der Waals surface area contributed by atoms with E-state index in [1.165, 1.54) is 12.1 Å². The molecule has 27 heavy (non-hydrogen) atoms. The van der Waals surface area contributed by atoms with E-state index >= 15 is 0 Å². The van der Waals surface area contributed by atoms with Crippen LogP contribution in [0.25, 0.3) is 11.0 Å². The summed E-state index contributed by atoms with van der Waals surface area (Å²) >= 11 is 0. The number of aryl methyl sites for hydroxylation is 2. The van der Waals surface area contributed by atoms with E-state index < -0.39 is 11.7 Å². The first-order valence-electron chi connectivity index (χ1n) is 8.77. The molecule has 4 nitrogen and oxygen atoms in total. The Labute approximate surface area is 156 Å². The van der Waals surface area contributed by atoms with Crippen LogP contribution in [-0.2, 0) is 12.8 Å². The fourth-order valence-corrected chi connectivity index (χ4v) is 3.04. The van der Waals surface area contributed by atoms with Crippen LogP contribution in [0.3, 0.4) is 0 Å². The lowest BCUT2D eigenvalue weighted by Crippen LogP contribution is -2.13. The third-order valence-electron chi connectivity index (χ3n) is 4.39. The number of rotatable bonds is 5. The Hall–Kier alpha value is -3.47. The number of hydrogen-bond donors (Lipinski definition) is 2. The largest absolute Gasteiger partial charge is 0.342 e. The van der Waals surface area contributed by atoms with Gasteiger partial charge in [-0.3, -0.25) is 4.79 Å². The summed E-state index contributed by atoms with van der Waals surface area (Å²) in [7, 11) is 0. The van der Waals surface area contributed by atoms with Gasteiger partial charge in [-0.2, -0.15) is 0 Å². The number of H-pyrrole nitrogens is 1. The summed E-state index contributed by atoms with van der Waals surface area (Å²) in [6.45, 7) is 0. The van der Waals surface area contributed by atoms with Crippen LogP contribution in [-0.4, -0.2) is 15.9 Å². The highest BCUT2D eigenvalue weighted by Gasteiger charge is 2.11. The van der Waals surface area contributed by atoms with E-state index in [0.29, 0.717) is 5.69 Å². The summed E-state index contributed by atoms with van der Waals surface area (Å²) in [4.78, 5) is 20.2. The molecule has 0 aliphatic carbocycles. The molecule has 0 saturated carbocycles. The van der Waals surface area contributed by atoms with Crippen LogP contribution in [0.5, 0.6) is 0 Å². The smallest absolute Gasteiger partial charge is 0.258 e. The number of hydrogen-bond acceptors (Lipinski definition) is 2. The Morgan fingerprint density at radius 2 is 1.78 bits per heavy atom. The summed E-state index contributed by atoms with van der Waals surface area (Å²) in [6.07, 6.45) is 1.54. The molecule has 0 unspecified atom stereocenters. The number of imidazole rings is 1. The Kier molecular flexibility index (Phi) is 4.66. The molecule has 1 aromatic heterocycles. The summed E-state index contributed by atoms with van der Waals surface area (Å²) in [5.74, 6) is -0.0597. The van der Waals surface area contributed by atoms with Gasteiger partial charge in [0, 0.05) is 12.1 Å². The van der Waals surface area contributed by atoms with Crippen molar-refractivity contribution in [3.8, 4) is 0 Å². The lowest BCUT2D eigenvalue weighted by molar-refractivity contribution is 0.102. The van der Waals surface area contributed by atoms with Gasteiger partial charge in [-0.15, -0.1) is 0 Å². The number of fused-ring (bicyclic) bond motifs is 1. The van der Waals surface area contributed by atoms with E-state index in [9.17, 15) is 9.18 Å². The molecule has 1 amide bonds. The van der Waals surface area contributed by atoms with Crippen molar-refractivity contribution < 1.29 is 9.18 Å². The van der Waals surface area contributed by atoms with Gasteiger partial charge in [-0.1, -0.05) is 36.4 Å². The number of halogens is 1. The molecule has 3 aromatic carbocycles. The maximum atomic E-state index is 13.7. The van der Waals surface area contributed by atoms with E-state index in [4.69, 9.17) is 0 Å². The molecule has 2 N–H and O–H groups in total. The van der Waals surface area contributed by atoms with Gasteiger partial charge < -0.3 is 10.3 Å². The molecule has 0 fully saturated rings. The normalized spacial score (nSPS) is 10.9. The van der Waals surface area contributed by atoms with Gasteiger partial charge in [-0.05, 0) is 48.4 Å². The maximum absolute atomic E-state index is 13.7. The van der Waals surface area contributed by atoms with Crippen molar-refractivity contribution in [2.45, 2.75) is 12.8 Å². The number of aromatic nitrogens is 2. The molecule has 5 heteroatoms. The lowest BCUT2D eigenvalue weighted by atomic mass is 10.1. The zero-order valence-electron chi connectivity index (χ0n) is 14.6. The van der Waals surface area contributed by atoms with E-state index in [-0.39, 0.29) is 5.56 Å². The third kappa shape index (κ3) is 3.87. The van der Waals surface area contributed by atoms with Crippen molar-refractivity contribution in [1.29, 1.82) is 0 Å². The molecule has 0 spiro atoms. The zero-order valence-corrected chi connectivity index (χ0v) is 14.6. The van der Waals surface area contributed by atoms with Gasteiger partial charge in [-0.25, -0.2) is 9.37 Å². The number of amides is 1. The molecule has 0 bridgehead atoms. The number of aromatic amines is 1. The van der Waals surface area contributed by atoms with Gasteiger partial charge in [0.25, 0.3) is 5.91 Å². The molecule has 0 aliphatic rings. The highest BCUT2D eigenvalue weighted by Crippen LogP contribution is 2.16. The second-order valence-corrected chi connectivity index (χ2v) is 6.33. The van der Waals surface area contributed by atoms with E-state index in [0.717, 1.165) is 35.3 Å². The molecule has 0 radical (unpaired) electrons. The summed E-state index contributed by atoms with van der Waals surface area (Å²) < 4.78 is 13.7. The van der Waals surface area contributed by atoms with E-state index in [1.807, 2.05) is 42.5 Å². The van der Waals surface area contributed by atoms with Crippen LogP contribution in [0.2, 0.25) is 0 Å². The van der Waals surface area contributed by atoms with Crippen molar-refractivity contribution in [2.75, 3.05) is 5.32 Å². The van der Waals surface area contributed by atoms with Gasteiger partial charge in [0.2, 0.25) is 0 Å². The molecule has 4 aromatic rings. The minimum Gasteiger partial charge on any atom is -0.342 e. The van der Waals surface area contributed by atoms with Gasteiger partial charge >= 0.3 is 0 Å². The molecule has 0 aliphatic heterocycles. The first kappa shape index (κ1) is 17.0. The molecule has 4 rings (SSSR count). The Bertz CT molecular complexity index is 1070. The van der Waals surface area contributed by atoms with E-state index in [2.05, 4.69) is 15.3 Å². The monoisotopic (exact) mass is 359 g/mol. The van der Waals surface area contributed by atoms with Crippen LogP contribution in [0.1, 0.15) is 21.7 Å². The molecule has 0 saturated heterocycles. The predicted octanol–water partition coefficient (Wildman–Crippen LogP) is 4.74. The first-order valence-corrected chi connectivity index (χ1v) is 8.77. The standard InChI is InChI=1S/C22H18FN3O/c23-18-9-2-1-8-17(18)22(27)24-16-7-5-6-15(14-16)12-13-21-25-19-10-3-4-11-20(19)26-21/h1-11,14H,12-13H2,(H,24,27)(H,25,26). The fourth-order valence-electron chi connectivity index (χ4n) is 3.04. The highest BCUT2D eigenvalue weighted by atomic mass is 19.1. The van der Waals surface area contributed by atoms with Crippen molar-refractivity contribution in [1.82, 2.24) is 9.97 Å². The van der Waals surface area contributed by atoms with Crippen molar-refractivity contribution in [3.63, 3.8) is 0 Å². The number of carbonyl (C=O) groups is 1. The molecular weight excluding hydrogens is 341 g/mol. The summed E-state index contributed by atoms with van der Waals surface area (Å²) in [5.41, 5.74) is 3.73. The van der Waals surface area contributed by atoms with Gasteiger partial charge in [0.1, 0.15) is 11.6 Å². The van der Waals surface area contributed by atoms with Crippen LogP contribution in [0.4, 0.5) is 10.1 Å². The number of benzene rings is 3. The van der Waals surface area contributed by atoms with Crippen LogP contribution in [0, 0.1) is 5.82 Å². The number of nitrogens with one attached hydrogen (secondary N) is 2. The second-order valence-electron chi connectivity index (χ2n) is 6.33. The van der Waals surface area contributed by atoms with Crippen molar-refractivity contribution >= 4 is 22.6 Å². The SMILES string of the molecule is O=C(Nc1cccc(CCc2nc3ccccc3[nH]2)c1)c1ccccc1F. The number of carbonyl (C=O) groups excluding carboxylic acids is 1. The maximum Gasteiger partial charge on any atom is 0.258 e. The minimum absolute atomic E-state index is 0.0326. The molecule has 134 valence electrons. The third-order valence-corrected chi connectivity index (χ3v) is 4.39. The summed E-state index contributed by atoms with van der Waals surface area (Å²) in [5, 5.41) is 2.76. The Morgan fingerprint density at radius 1 is 0.963 bits per heavy atom. The first-order chi connectivity index (χ1) is 13.2. The molecule has 1 heterocycles. The average molecular weight is 359 g/mol. The van der Waals surface area contributed by atoms with Crippen LogP contribution >= 0.6 is 0 Å². The topological polar surface area (TPSA) is 57.8 Å². The number of nitrogens with zero attached hydrogens (tertiary/aromatic N) is 1. The van der Waals surface area contributed by atoms with E-state index in [1.54, 1.807) is 18.2 Å². The minimum atomic E-state index is -0.531. The van der Waals surface area contributed by atoms with Crippen molar-refractivity contribution in [2.24, 2.45) is 0 Å². The number of anilines is 1. The van der Waals surface area contributed by atoms with Crippen molar-refractivity contribution in [3.05, 3.63) is 95.6 Å². The van der Waals surface area contributed by atoms with Crippen LogP contribution in [0.15, 0.2) is 72.8 Å². The second kappa shape index (κ2) is 7.41. The number of para-hydroxylation sites is 2. The Balaban J connectivity index is 1.44. The predicted molar refractivity (Wildman–Crippen MR) is 104 cm³/mol. The quantitative estimate of drug-likeness (QED) is 0.541. The van der Waals surface area contributed by atoms with Gasteiger partial charge in [0.15, 0.2) is 0 Å². The molecular formula is C22H18FN3O. The zero-order chi connectivity index (χ0) is 18.6. The highest BCUT2D eigenvalue weighted by molar-refractivity contribution is 6.04. The Morgan fingerprint density at radius 3 is 2.63 bits per heavy atom. The molecule has 0 atom stereocenters. The van der Waals surface area contributed by atoms with Crippen LogP contribution < -0.4 is 5.32 Å². The summed E-state index contributed by atoms with van der Waals surface area (Å²) in [6, 6.07) is 21.5. The fraction of sp³-hybridized carbons (Fsp3) is 0.0909.